The first-order valence-corrected chi connectivity index (χ1v) is 6.04. The first kappa shape index (κ1) is 14.9. The summed E-state index contributed by atoms with van der Waals surface area (Å²) in [5.41, 5.74) is 8.09. The molecule has 1 aromatic carbocycles. The Balaban J connectivity index is 2.33. The van der Waals surface area contributed by atoms with E-state index in [4.69, 9.17) is 15.0 Å². The zero-order valence-electron chi connectivity index (χ0n) is 11.0. The van der Waals surface area contributed by atoms with Gasteiger partial charge in [-0.2, -0.15) is 0 Å². The van der Waals surface area contributed by atoms with Crippen molar-refractivity contribution in [1.29, 1.82) is 0 Å². The Bertz CT molecular complexity index is 444. The first-order chi connectivity index (χ1) is 9.11. The molecule has 0 aromatic heterocycles. The summed E-state index contributed by atoms with van der Waals surface area (Å²) in [6.07, 6.45) is 0.196. The van der Waals surface area contributed by atoms with E-state index in [-0.39, 0.29) is 18.8 Å². The number of rotatable bonds is 7. The molecular formula is C13H17N3O3. The van der Waals surface area contributed by atoms with E-state index in [1.54, 1.807) is 6.92 Å². The maximum absolute atomic E-state index is 11.2. The van der Waals surface area contributed by atoms with Gasteiger partial charge in [0.15, 0.2) is 0 Å². The standard InChI is InChI=1S/C13H17N3O3/c1-10(18-12-6-4-3-5-7-12)8-11(2)19-13(17)9-15-16-14/h3-7,10-11H,8-9H2,1-2H3/t10-,11-/m0/s1. The van der Waals surface area contributed by atoms with E-state index in [0.29, 0.717) is 6.42 Å². The highest BCUT2D eigenvalue weighted by Crippen LogP contribution is 2.14. The first-order valence-electron chi connectivity index (χ1n) is 6.04. The van der Waals surface area contributed by atoms with Gasteiger partial charge in [-0.25, -0.2) is 0 Å². The number of ether oxygens (including phenoxy) is 2. The Kier molecular flexibility index (Phi) is 6.26. The third-order valence-electron chi connectivity index (χ3n) is 2.34. The second-order valence-corrected chi connectivity index (χ2v) is 4.17. The van der Waals surface area contributed by atoms with Gasteiger partial charge < -0.3 is 9.47 Å². The maximum atomic E-state index is 11.2. The van der Waals surface area contributed by atoms with Gasteiger partial charge in [0.05, 0.1) is 6.10 Å². The summed E-state index contributed by atoms with van der Waals surface area (Å²) in [6.45, 7) is 3.40. The Morgan fingerprint density at radius 1 is 1.32 bits per heavy atom. The predicted molar refractivity (Wildman–Crippen MR) is 70.7 cm³/mol. The van der Waals surface area contributed by atoms with Gasteiger partial charge in [-0.1, -0.05) is 23.3 Å². The summed E-state index contributed by atoms with van der Waals surface area (Å²) in [7, 11) is 0. The molecule has 102 valence electrons. The Hall–Kier alpha value is -2.20. The molecule has 1 aromatic rings. The molecule has 0 saturated heterocycles. The van der Waals surface area contributed by atoms with E-state index < -0.39 is 5.97 Å². The van der Waals surface area contributed by atoms with E-state index in [1.807, 2.05) is 37.3 Å². The fourth-order valence-electron chi connectivity index (χ4n) is 1.65. The van der Waals surface area contributed by atoms with Gasteiger partial charge in [-0.15, -0.1) is 0 Å². The lowest BCUT2D eigenvalue weighted by atomic mass is 10.2. The molecule has 0 aliphatic carbocycles. The predicted octanol–water partition coefficient (Wildman–Crippen LogP) is 3.09. The normalized spacial score (nSPS) is 12.9. The van der Waals surface area contributed by atoms with Crippen molar-refractivity contribution in [1.82, 2.24) is 0 Å². The molecule has 0 N–H and O–H groups in total. The Morgan fingerprint density at radius 3 is 2.63 bits per heavy atom. The van der Waals surface area contributed by atoms with Gasteiger partial charge in [-0.05, 0) is 31.5 Å². The van der Waals surface area contributed by atoms with Crippen LogP contribution in [0.3, 0.4) is 0 Å². The summed E-state index contributed by atoms with van der Waals surface area (Å²) < 4.78 is 10.8. The van der Waals surface area contributed by atoms with Crippen LogP contribution in [-0.4, -0.2) is 24.7 Å². The molecular weight excluding hydrogens is 246 g/mol. The highest BCUT2D eigenvalue weighted by atomic mass is 16.5. The van der Waals surface area contributed by atoms with Crippen LogP contribution < -0.4 is 4.74 Å². The molecule has 0 saturated carbocycles. The van der Waals surface area contributed by atoms with Gasteiger partial charge in [-0.3, -0.25) is 4.79 Å². The summed E-state index contributed by atoms with van der Waals surface area (Å²) >= 11 is 0. The van der Waals surface area contributed by atoms with Crippen LogP contribution in [0.1, 0.15) is 20.3 Å². The zero-order chi connectivity index (χ0) is 14.1. The summed E-state index contributed by atoms with van der Waals surface area (Å²) in [5.74, 6) is 0.250. The monoisotopic (exact) mass is 263 g/mol. The highest BCUT2D eigenvalue weighted by molar-refractivity contribution is 5.71. The Labute approximate surface area is 112 Å². The average Bonchev–Trinajstić information content (AvgIpc) is 2.37. The molecule has 0 unspecified atom stereocenters. The van der Waals surface area contributed by atoms with Crippen LogP contribution in [0.2, 0.25) is 0 Å². The number of para-hydroxylation sites is 1. The van der Waals surface area contributed by atoms with Crippen LogP contribution in [0.25, 0.3) is 10.4 Å². The fourth-order valence-corrected chi connectivity index (χ4v) is 1.65. The van der Waals surface area contributed by atoms with Crippen molar-refractivity contribution in [3.63, 3.8) is 0 Å². The molecule has 0 radical (unpaired) electrons. The van der Waals surface area contributed by atoms with Crippen molar-refractivity contribution >= 4 is 5.97 Å². The maximum Gasteiger partial charge on any atom is 0.311 e. The fraction of sp³-hybridized carbons (Fsp3) is 0.462. The molecule has 19 heavy (non-hydrogen) atoms. The van der Waals surface area contributed by atoms with Crippen LogP contribution in [0, 0.1) is 0 Å². The van der Waals surface area contributed by atoms with Crippen molar-refractivity contribution in [2.45, 2.75) is 32.5 Å². The van der Waals surface area contributed by atoms with E-state index >= 15 is 0 Å². The lowest BCUT2D eigenvalue weighted by Gasteiger charge is -2.19. The van der Waals surface area contributed by atoms with E-state index in [0.717, 1.165) is 5.75 Å². The molecule has 6 nitrogen and oxygen atoms in total. The lowest BCUT2D eigenvalue weighted by Crippen LogP contribution is -2.24. The zero-order valence-corrected chi connectivity index (χ0v) is 11.0. The molecule has 0 bridgehead atoms. The van der Waals surface area contributed by atoms with Crippen molar-refractivity contribution in [2.75, 3.05) is 6.54 Å². The van der Waals surface area contributed by atoms with Gasteiger partial charge in [0.2, 0.25) is 0 Å². The van der Waals surface area contributed by atoms with Crippen molar-refractivity contribution < 1.29 is 14.3 Å². The molecule has 2 atom stereocenters. The van der Waals surface area contributed by atoms with Gasteiger partial charge in [0, 0.05) is 11.3 Å². The van der Waals surface area contributed by atoms with E-state index in [9.17, 15) is 4.79 Å². The van der Waals surface area contributed by atoms with Crippen molar-refractivity contribution in [3.8, 4) is 5.75 Å². The third kappa shape index (κ3) is 6.33. The smallest absolute Gasteiger partial charge is 0.311 e. The minimum atomic E-state index is -0.530. The third-order valence-corrected chi connectivity index (χ3v) is 2.34. The number of benzene rings is 1. The topological polar surface area (TPSA) is 84.3 Å². The van der Waals surface area contributed by atoms with Gasteiger partial charge in [0.25, 0.3) is 0 Å². The average molecular weight is 263 g/mol. The van der Waals surface area contributed by atoms with Gasteiger partial charge >= 0.3 is 5.97 Å². The number of nitrogens with zero attached hydrogens (tertiary/aromatic N) is 3. The number of azide groups is 1. The largest absolute Gasteiger partial charge is 0.491 e. The Morgan fingerprint density at radius 2 is 2.00 bits per heavy atom. The molecule has 0 spiro atoms. The molecule has 0 aliphatic rings. The number of carbonyl (C=O) groups excluding carboxylic acids is 1. The van der Waals surface area contributed by atoms with Crippen LogP contribution in [0.5, 0.6) is 5.75 Å². The molecule has 1 rings (SSSR count). The van der Waals surface area contributed by atoms with Crippen LogP contribution in [0.15, 0.2) is 35.4 Å². The summed E-state index contributed by atoms with van der Waals surface area (Å²) in [6, 6.07) is 9.44. The SMILES string of the molecule is C[C@@H](C[C@H](C)Oc1ccccc1)OC(=O)CN=[N+]=[N-]. The quantitative estimate of drug-likeness (QED) is 0.328. The highest BCUT2D eigenvalue weighted by Gasteiger charge is 2.13. The number of hydrogen-bond acceptors (Lipinski definition) is 4. The summed E-state index contributed by atoms with van der Waals surface area (Å²) in [4.78, 5) is 13.7. The molecule has 0 heterocycles. The second kappa shape index (κ2) is 8.00. The lowest BCUT2D eigenvalue weighted by molar-refractivity contribution is -0.147. The van der Waals surface area contributed by atoms with Gasteiger partial charge in [0.1, 0.15) is 18.4 Å². The van der Waals surface area contributed by atoms with E-state index in [1.165, 1.54) is 0 Å². The number of esters is 1. The molecule has 6 heteroatoms. The van der Waals surface area contributed by atoms with Crippen molar-refractivity contribution in [3.05, 3.63) is 40.8 Å². The number of carbonyl (C=O) groups is 1. The molecule has 0 fully saturated rings. The van der Waals surface area contributed by atoms with E-state index in [2.05, 4.69) is 10.0 Å². The summed E-state index contributed by atoms with van der Waals surface area (Å²) in [5, 5.41) is 3.15. The minimum absolute atomic E-state index is 0.0790. The van der Waals surface area contributed by atoms with Crippen molar-refractivity contribution in [2.24, 2.45) is 5.11 Å². The van der Waals surface area contributed by atoms with Crippen LogP contribution in [-0.2, 0) is 9.53 Å². The van der Waals surface area contributed by atoms with Crippen LogP contribution in [0.4, 0.5) is 0 Å². The molecule has 0 amide bonds. The molecule has 0 aliphatic heterocycles. The minimum Gasteiger partial charge on any atom is -0.491 e. The second-order valence-electron chi connectivity index (χ2n) is 4.17. The van der Waals surface area contributed by atoms with Crippen LogP contribution >= 0.6 is 0 Å². The number of hydrogen-bond donors (Lipinski definition) is 0.